The summed E-state index contributed by atoms with van der Waals surface area (Å²) in [5.74, 6) is 0.811. The van der Waals surface area contributed by atoms with Gasteiger partial charge in [-0.15, -0.1) is 0 Å². The number of hydrogen-bond acceptors (Lipinski definition) is 4. The third kappa shape index (κ3) is 3.17. The zero-order chi connectivity index (χ0) is 13.2. The minimum Gasteiger partial charge on any atom is -0.389 e. The first-order valence-corrected chi connectivity index (χ1v) is 6.54. The van der Waals surface area contributed by atoms with Crippen LogP contribution in [0.15, 0.2) is 12.1 Å². The highest BCUT2D eigenvalue weighted by molar-refractivity contribution is 7.80. The van der Waals surface area contributed by atoms with Gasteiger partial charge in [0.1, 0.15) is 10.8 Å². The average Bonchev–Trinajstić information content (AvgIpc) is 2.28. The molecule has 1 saturated heterocycles. The van der Waals surface area contributed by atoms with Gasteiger partial charge in [-0.2, -0.15) is 0 Å². The van der Waals surface area contributed by atoms with Gasteiger partial charge in [0.2, 0.25) is 0 Å². The molecule has 5 heteroatoms. The predicted octanol–water partition coefficient (Wildman–Crippen LogP) is 2.01. The second-order valence-electron chi connectivity index (χ2n) is 5.09. The van der Waals surface area contributed by atoms with Gasteiger partial charge in [-0.3, -0.25) is 0 Å². The first kappa shape index (κ1) is 13.2. The molecule has 0 saturated carbocycles. The van der Waals surface area contributed by atoms with Crippen LogP contribution in [0, 0.1) is 6.92 Å². The van der Waals surface area contributed by atoms with Gasteiger partial charge in [0.15, 0.2) is 0 Å². The van der Waals surface area contributed by atoms with E-state index in [1.807, 2.05) is 19.1 Å². The maximum Gasteiger partial charge on any atom is 0.127 e. The number of aromatic nitrogens is 1. The number of aryl methyl sites for hydroxylation is 1. The van der Waals surface area contributed by atoms with Crippen LogP contribution in [-0.4, -0.2) is 28.7 Å². The molecular formula is C13H19N3OS. The summed E-state index contributed by atoms with van der Waals surface area (Å²) >= 11 is 5.01. The van der Waals surface area contributed by atoms with Gasteiger partial charge >= 0.3 is 0 Å². The predicted molar refractivity (Wildman–Crippen MR) is 76.9 cm³/mol. The number of nitrogens with two attached hydrogens (primary N) is 1. The fraction of sp³-hybridized carbons (Fsp3) is 0.538. The molecule has 98 valence electrons. The first-order chi connectivity index (χ1) is 8.48. The number of hydrogen-bond donors (Lipinski definition) is 2. The molecule has 0 spiro atoms. The summed E-state index contributed by atoms with van der Waals surface area (Å²) < 4.78 is 5.52. The highest BCUT2D eigenvalue weighted by Gasteiger charge is 2.27. The van der Waals surface area contributed by atoms with Gasteiger partial charge in [-0.25, -0.2) is 4.98 Å². The van der Waals surface area contributed by atoms with Crippen LogP contribution in [0.2, 0.25) is 0 Å². The van der Waals surface area contributed by atoms with E-state index < -0.39 is 0 Å². The maximum atomic E-state index is 5.67. The van der Waals surface area contributed by atoms with Crippen LogP contribution in [0.1, 0.15) is 31.0 Å². The van der Waals surface area contributed by atoms with Crippen molar-refractivity contribution in [3.63, 3.8) is 0 Å². The molecule has 0 radical (unpaired) electrons. The van der Waals surface area contributed by atoms with Crippen molar-refractivity contribution in [2.24, 2.45) is 5.73 Å². The summed E-state index contributed by atoms with van der Waals surface area (Å²) in [6.07, 6.45) is 2.14. The fourth-order valence-electron chi connectivity index (χ4n) is 2.22. The Morgan fingerprint density at radius 3 is 2.94 bits per heavy atom. The molecule has 1 aliphatic heterocycles. The lowest BCUT2D eigenvalue weighted by atomic mass is 9.95. The molecule has 2 heterocycles. The Morgan fingerprint density at radius 1 is 1.56 bits per heavy atom. The Bertz CT molecular complexity index is 456. The van der Waals surface area contributed by atoms with Crippen LogP contribution in [0.4, 0.5) is 5.82 Å². The van der Waals surface area contributed by atoms with Crippen LogP contribution < -0.4 is 11.1 Å². The molecule has 0 aliphatic carbocycles. The molecule has 0 bridgehead atoms. The third-order valence-electron chi connectivity index (χ3n) is 3.11. The molecule has 1 aliphatic rings. The second-order valence-corrected chi connectivity index (χ2v) is 5.53. The number of pyridine rings is 1. The van der Waals surface area contributed by atoms with E-state index in [0.717, 1.165) is 36.5 Å². The molecule has 3 N–H and O–H groups in total. The van der Waals surface area contributed by atoms with Gasteiger partial charge in [0.25, 0.3) is 0 Å². The minimum absolute atomic E-state index is 0.0630. The fourth-order valence-corrected chi connectivity index (χ4v) is 2.33. The molecule has 0 amide bonds. The highest BCUT2D eigenvalue weighted by Crippen LogP contribution is 2.23. The largest absolute Gasteiger partial charge is 0.389 e. The molecule has 1 fully saturated rings. The molecule has 1 unspecified atom stereocenters. The van der Waals surface area contributed by atoms with Crippen LogP contribution in [0.5, 0.6) is 0 Å². The first-order valence-electron chi connectivity index (χ1n) is 6.13. The average molecular weight is 265 g/mol. The highest BCUT2D eigenvalue weighted by atomic mass is 32.1. The quantitative estimate of drug-likeness (QED) is 0.819. The van der Waals surface area contributed by atoms with Gasteiger partial charge in [-0.05, 0) is 38.8 Å². The Balaban J connectivity index is 2.20. The molecule has 4 nitrogen and oxygen atoms in total. The summed E-state index contributed by atoms with van der Waals surface area (Å²) in [4.78, 5) is 4.87. The summed E-state index contributed by atoms with van der Waals surface area (Å²) in [5.41, 5.74) is 7.36. The smallest absolute Gasteiger partial charge is 0.127 e. The van der Waals surface area contributed by atoms with E-state index in [-0.39, 0.29) is 5.54 Å². The van der Waals surface area contributed by atoms with Crippen molar-refractivity contribution in [1.82, 2.24) is 4.98 Å². The van der Waals surface area contributed by atoms with Crippen LogP contribution in [0.3, 0.4) is 0 Å². The van der Waals surface area contributed by atoms with E-state index >= 15 is 0 Å². The lowest BCUT2D eigenvalue weighted by molar-refractivity contribution is 0.0539. The van der Waals surface area contributed by atoms with Crippen molar-refractivity contribution >= 4 is 23.0 Å². The standard InChI is InChI=1S/C13H19N3OS/c1-9-6-10(12(14)18)7-11(15-9)16-13(2)4-3-5-17-8-13/h6-7H,3-5,8H2,1-2H3,(H2,14,18)(H,15,16). The Morgan fingerprint density at radius 2 is 2.33 bits per heavy atom. The van der Waals surface area contributed by atoms with Crippen molar-refractivity contribution < 1.29 is 4.74 Å². The van der Waals surface area contributed by atoms with Gasteiger partial charge in [-0.1, -0.05) is 12.2 Å². The van der Waals surface area contributed by atoms with Crippen molar-refractivity contribution in [3.05, 3.63) is 23.4 Å². The van der Waals surface area contributed by atoms with Crippen molar-refractivity contribution in [1.29, 1.82) is 0 Å². The lowest BCUT2D eigenvalue weighted by Crippen LogP contribution is -2.43. The molecule has 18 heavy (non-hydrogen) atoms. The van der Waals surface area contributed by atoms with Crippen molar-refractivity contribution in [2.75, 3.05) is 18.5 Å². The van der Waals surface area contributed by atoms with Crippen LogP contribution >= 0.6 is 12.2 Å². The van der Waals surface area contributed by atoms with Gasteiger partial charge in [0, 0.05) is 17.9 Å². The zero-order valence-corrected chi connectivity index (χ0v) is 11.6. The molecule has 0 aromatic carbocycles. The van der Waals surface area contributed by atoms with Crippen LogP contribution in [-0.2, 0) is 4.74 Å². The third-order valence-corrected chi connectivity index (χ3v) is 3.34. The topological polar surface area (TPSA) is 60.2 Å². The van der Waals surface area contributed by atoms with Gasteiger partial charge < -0.3 is 15.8 Å². The number of nitrogens with zero attached hydrogens (tertiary/aromatic N) is 1. The number of rotatable bonds is 3. The number of thiocarbonyl (C=S) groups is 1. The maximum absolute atomic E-state index is 5.67. The summed E-state index contributed by atoms with van der Waals surface area (Å²) in [6, 6.07) is 3.79. The lowest BCUT2D eigenvalue weighted by Gasteiger charge is -2.35. The van der Waals surface area contributed by atoms with Gasteiger partial charge in [0.05, 0.1) is 12.1 Å². The minimum atomic E-state index is -0.0630. The summed E-state index contributed by atoms with van der Waals surface area (Å²) in [5, 5.41) is 3.44. The van der Waals surface area contributed by atoms with E-state index in [1.54, 1.807) is 0 Å². The van der Waals surface area contributed by atoms with E-state index in [4.69, 9.17) is 22.7 Å². The second kappa shape index (κ2) is 5.20. The molecule has 1 aromatic rings. The number of ether oxygens (including phenoxy) is 1. The Kier molecular flexibility index (Phi) is 3.82. The summed E-state index contributed by atoms with van der Waals surface area (Å²) in [6.45, 7) is 5.63. The van der Waals surface area contributed by atoms with Crippen molar-refractivity contribution in [3.8, 4) is 0 Å². The van der Waals surface area contributed by atoms with E-state index in [0.29, 0.717) is 11.6 Å². The van der Waals surface area contributed by atoms with E-state index in [1.165, 1.54) is 0 Å². The number of nitrogens with one attached hydrogen (secondary N) is 1. The normalized spacial score (nSPS) is 23.7. The molecule has 2 rings (SSSR count). The molecular weight excluding hydrogens is 246 g/mol. The zero-order valence-electron chi connectivity index (χ0n) is 10.8. The monoisotopic (exact) mass is 265 g/mol. The SMILES string of the molecule is Cc1cc(C(N)=S)cc(NC2(C)CCCOC2)n1. The van der Waals surface area contributed by atoms with E-state index in [2.05, 4.69) is 17.2 Å². The van der Waals surface area contributed by atoms with E-state index in [9.17, 15) is 0 Å². The van der Waals surface area contributed by atoms with Crippen LogP contribution in [0.25, 0.3) is 0 Å². The summed E-state index contributed by atoms with van der Waals surface area (Å²) in [7, 11) is 0. The Hall–Kier alpha value is -1.20. The Labute approximate surface area is 113 Å². The molecule has 1 aromatic heterocycles. The van der Waals surface area contributed by atoms with Crippen molar-refractivity contribution in [2.45, 2.75) is 32.2 Å². The number of anilines is 1. The molecule has 1 atom stereocenters.